The molecule has 2 N–H and O–H groups in total. The Bertz CT molecular complexity index is 609. The lowest BCUT2D eigenvalue weighted by Gasteiger charge is -2.16. The van der Waals surface area contributed by atoms with Crippen molar-refractivity contribution >= 4 is 0 Å². The molecule has 1 atom stereocenters. The van der Waals surface area contributed by atoms with Crippen molar-refractivity contribution in [3.8, 4) is 17.2 Å². The second-order valence-electron chi connectivity index (χ2n) is 4.51. The van der Waals surface area contributed by atoms with Gasteiger partial charge in [-0.3, -0.25) is 0 Å². The van der Waals surface area contributed by atoms with Gasteiger partial charge in [0.15, 0.2) is 0 Å². The Labute approximate surface area is 123 Å². The molecule has 2 aromatic carbocycles. The van der Waals surface area contributed by atoms with E-state index in [1.807, 2.05) is 0 Å². The van der Waals surface area contributed by atoms with Gasteiger partial charge in [-0.2, -0.15) is 0 Å². The molecule has 1 unspecified atom stereocenters. The molecule has 2 aromatic rings. The third-order valence-electron chi connectivity index (χ3n) is 3.28. The molecule has 0 bridgehead atoms. The van der Waals surface area contributed by atoms with Crippen molar-refractivity contribution in [2.75, 3.05) is 21.3 Å². The summed E-state index contributed by atoms with van der Waals surface area (Å²) in [5, 5.41) is 0. The average Bonchev–Trinajstić information content (AvgIpc) is 2.53. The molecule has 0 saturated carbocycles. The molecule has 2 rings (SSSR count). The van der Waals surface area contributed by atoms with Crippen LogP contribution in [0.1, 0.15) is 17.2 Å². The molecule has 0 fully saturated rings. The van der Waals surface area contributed by atoms with Gasteiger partial charge in [-0.15, -0.1) is 0 Å². The van der Waals surface area contributed by atoms with E-state index < -0.39 is 11.9 Å². The SMILES string of the molecule is COc1cc(OC)cc(C(N)c2ccc(OC)cc2F)c1. The summed E-state index contributed by atoms with van der Waals surface area (Å²) in [6, 6.07) is 9.24. The maximum atomic E-state index is 14.1. The van der Waals surface area contributed by atoms with Gasteiger partial charge in [-0.25, -0.2) is 4.39 Å². The number of ether oxygens (including phenoxy) is 3. The molecule has 4 nitrogen and oxygen atoms in total. The van der Waals surface area contributed by atoms with Crippen LogP contribution in [0.25, 0.3) is 0 Å². The topological polar surface area (TPSA) is 53.7 Å². The summed E-state index contributed by atoms with van der Waals surface area (Å²) in [6.07, 6.45) is 0. The first-order valence-electron chi connectivity index (χ1n) is 6.41. The highest BCUT2D eigenvalue weighted by molar-refractivity contribution is 5.44. The summed E-state index contributed by atoms with van der Waals surface area (Å²) in [4.78, 5) is 0. The Kier molecular flexibility index (Phi) is 4.65. The minimum atomic E-state index is -0.625. The fourth-order valence-corrected chi connectivity index (χ4v) is 2.08. The molecule has 0 aliphatic carbocycles. The maximum absolute atomic E-state index is 14.1. The first-order chi connectivity index (χ1) is 10.1. The van der Waals surface area contributed by atoms with Crippen LogP contribution in [0, 0.1) is 5.82 Å². The number of methoxy groups -OCH3 is 3. The second kappa shape index (κ2) is 6.45. The molecular formula is C16H18FNO3. The van der Waals surface area contributed by atoms with Crippen molar-refractivity contribution < 1.29 is 18.6 Å². The monoisotopic (exact) mass is 291 g/mol. The van der Waals surface area contributed by atoms with E-state index >= 15 is 0 Å². The molecular weight excluding hydrogens is 273 g/mol. The Morgan fingerprint density at radius 3 is 1.90 bits per heavy atom. The van der Waals surface area contributed by atoms with Gasteiger partial charge in [0.2, 0.25) is 0 Å². The quantitative estimate of drug-likeness (QED) is 0.920. The van der Waals surface area contributed by atoms with Crippen LogP contribution in [-0.2, 0) is 0 Å². The van der Waals surface area contributed by atoms with Crippen LogP contribution in [-0.4, -0.2) is 21.3 Å². The summed E-state index contributed by atoms with van der Waals surface area (Å²) in [6.45, 7) is 0. The number of hydrogen-bond acceptors (Lipinski definition) is 4. The van der Waals surface area contributed by atoms with E-state index in [0.29, 0.717) is 28.4 Å². The molecule has 0 aromatic heterocycles. The van der Waals surface area contributed by atoms with Crippen LogP contribution in [0.2, 0.25) is 0 Å². The molecule has 0 spiro atoms. The summed E-state index contributed by atoms with van der Waals surface area (Å²) in [5.74, 6) is 1.25. The van der Waals surface area contributed by atoms with Gasteiger partial charge in [0, 0.05) is 17.7 Å². The highest BCUT2D eigenvalue weighted by atomic mass is 19.1. The van der Waals surface area contributed by atoms with E-state index in [9.17, 15) is 4.39 Å². The maximum Gasteiger partial charge on any atom is 0.132 e. The molecule has 5 heteroatoms. The van der Waals surface area contributed by atoms with Crippen molar-refractivity contribution in [3.63, 3.8) is 0 Å². The first-order valence-corrected chi connectivity index (χ1v) is 6.41. The molecule has 0 aliphatic rings. The number of rotatable bonds is 5. The third-order valence-corrected chi connectivity index (χ3v) is 3.28. The third kappa shape index (κ3) is 3.25. The van der Waals surface area contributed by atoms with Crippen LogP contribution in [0.5, 0.6) is 17.2 Å². The highest BCUT2D eigenvalue weighted by Crippen LogP contribution is 2.30. The number of nitrogens with two attached hydrogens (primary N) is 1. The zero-order chi connectivity index (χ0) is 15.4. The molecule has 0 heterocycles. The van der Waals surface area contributed by atoms with Crippen LogP contribution in [0.3, 0.4) is 0 Å². The Hall–Kier alpha value is -2.27. The number of hydrogen-bond donors (Lipinski definition) is 1. The Morgan fingerprint density at radius 1 is 0.857 bits per heavy atom. The molecule has 0 saturated heterocycles. The van der Waals surface area contributed by atoms with Gasteiger partial charge in [-0.05, 0) is 23.8 Å². The number of benzene rings is 2. The summed E-state index contributed by atoms with van der Waals surface area (Å²) < 4.78 is 29.5. The van der Waals surface area contributed by atoms with E-state index in [1.54, 1.807) is 44.6 Å². The van der Waals surface area contributed by atoms with Crippen molar-refractivity contribution in [3.05, 3.63) is 53.3 Å². The lowest BCUT2D eigenvalue weighted by molar-refractivity contribution is 0.393. The van der Waals surface area contributed by atoms with E-state index in [0.717, 1.165) is 0 Å². The van der Waals surface area contributed by atoms with Gasteiger partial charge >= 0.3 is 0 Å². The van der Waals surface area contributed by atoms with Gasteiger partial charge in [0.05, 0.1) is 27.4 Å². The van der Waals surface area contributed by atoms with Crippen molar-refractivity contribution in [2.24, 2.45) is 5.73 Å². The lowest BCUT2D eigenvalue weighted by Crippen LogP contribution is -2.14. The molecule has 21 heavy (non-hydrogen) atoms. The second-order valence-corrected chi connectivity index (χ2v) is 4.51. The molecule has 0 amide bonds. The van der Waals surface area contributed by atoms with Crippen LogP contribution >= 0.6 is 0 Å². The highest BCUT2D eigenvalue weighted by Gasteiger charge is 2.16. The predicted molar refractivity (Wildman–Crippen MR) is 78.5 cm³/mol. The van der Waals surface area contributed by atoms with Gasteiger partial charge in [0.25, 0.3) is 0 Å². The zero-order valence-corrected chi connectivity index (χ0v) is 12.2. The van der Waals surface area contributed by atoms with Gasteiger partial charge < -0.3 is 19.9 Å². The minimum absolute atomic E-state index is 0.381. The number of halogens is 1. The summed E-state index contributed by atoms with van der Waals surface area (Å²) in [5.41, 5.74) is 7.25. The predicted octanol–water partition coefficient (Wildman–Crippen LogP) is 2.90. The molecule has 112 valence electrons. The average molecular weight is 291 g/mol. The van der Waals surface area contributed by atoms with E-state index in [-0.39, 0.29) is 0 Å². The van der Waals surface area contributed by atoms with Crippen molar-refractivity contribution in [2.45, 2.75) is 6.04 Å². The Balaban J connectivity index is 2.41. The zero-order valence-electron chi connectivity index (χ0n) is 12.2. The fraction of sp³-hybridized carbons (Fsp3) is 0.250. The van der Waals surface area contributed by atoms with E-state index in [1.165, 1.54) is 13.2 Å². The van der Waals surface area contributed by atoms with E-state index in [4.69, 9.17) is 19.9 Å². The first kappa shape index (κ1) is 15.1. The van der Waals surface area contributed by atoms with Crippen molar-refractivity contribution in [1.82, 2.24) is 0 Å². The molecule has 0 aliphatic heterocycles. The lowest BCUT2D eigenvalue weighted by atomic mass is 9.98. The summed E-state index contributed by atoms with van der Waals surface area (Å²) in [7, 11) is 4.59. The minimum Gasteiger partial charge on any atom is -0.497 e. The van der Waals surface area contributed by atoms with Crippen LogP contribution in [0.4, 0.5) is 4.39 Å². The van der Waals surface area contributed by atoms with E-state index in [2.05, 4.69) is 0 Å². The summed E-state index contributed by atoms with van der Waals surface area (Å²) >= 11 is 0. The van der Waals surface area contributed by atoms with Crippen LogP contribution in [0.15, 0.2) is 36.4 Å². The Morgan fingerprint density at radius 2 is 1.43 bits per heavy atom. The largest absolute Gasteiger partial charge is 0.497 e. The van der Waals surface area contributed by atoms with Gasteiger partial charge in [0.1, 0.15) is 23.1 Å². The van der Waals surface area contributed by atoms with Gasteiger partial charge in [-0.1, -0.05) is 6.07 Å². The van der Waals surface area contributed by atoms with Crippen LogP contribution < -0.4 is 19.9 Å². The smallest absolute Gasteiger partial charge is 0.132 e. The fourth-order valence-electron chi connectivity index (χ4n) is 2.08. The normalized spacial score (nSPS) is 11.9. The molecule has 0 radical (unpaired) electrons. The van der Waals surface area contributed by atoms with Crippen molar-refractivity contribution in [1.29, 1.82) is 0 Å². The standard InChI is InChI=1S/C16H18FNO3/c1-19-11-4-5-14(15(17)9-11)16(18)10-6-12(20-2)8-13(7-10)21-3/h4-9,16H,18H2,1-3H3.